The number of aldehydes is 1. The molecule has 0 spiro atoms. The van der Waals surface area contributed by atoms with Crippen LogP contribution in [0.2, 0.25) is 0 Å². The highest BCUT2D eigenvalue weighted by molar-refractivity contribution is 6.31. The van der Waals surface area contributed by atoms with E-state index in [1.807, 2.05) is 13.0 Å². The number of rotatable bonds is 3. The first-order valence-corrected chi connectivity index (χ1v) is 3.70. The van der Waals surface area contributed by atoms with Crippen LogP contribution >= 0.6 is 11.6 Å². The molecule has 0 unspecified atom stereocenters. The monoisotopic (exact) mass is 170 g/mol. The van der Waals surface area contributed by atoms with Gasteiger partial charge in [0.05, 0.1) is 0 Å². The van der Waals surface area contributed by atoms with Crippen LogP contribution in [0, 0.1) is 0 Å². The highest BCUT2D eigenvalue weighted by Gasteiger charge is 1.82. The van der Waals surface area contributed by atoms with E-state index in [4.69, 9.17) is 11.6 Å². The summed E-state index contributed by atoms with van der Waals surface area (Å²) < 4.78 is 0. The van der Waals surface area contributed by atoms with E-state index < -0.39 is 0 Å². The van der Waals surface area contributed by atoms with E-state index in [1.54, 1.807) is 25.2 Å². The fraction of sp³-hybridized carbons (Fsp3) is 0.222. The molecule has 0 fully saturated rings. The van der Waals surface area contributed by atoms with E-state index in [2.05, 4.69) is 0 Å². The summed E-state index contributed by atoms with van der Waals surface area (Å²) in [4.78, 5) is 10.1. The lowest BCUT2D eigenvalue weighted by Gasteiger charge is -1.84. The Hall–Kier alpha value is -0.820. The first-order valence-electron chi connectivity index (χ1n) is 3.32. The smallest absolute Gasteiger partial charge is 0.145 e. The topological polar surface area (TPSA) is 17.1 Å². The third-order valence-corrected chi connectivity index (χ3v) is 1.27. The van der Waals surface area contributed by atoms with E-state index in [-0.39, 0.29) is 0 Å². The molecule has 0 N–H and O–H groups in total. The zero-order valence-electron chi connectivity index (χ0n) is 6.67. The zero-order valence-corrected chi connectivity index (χ0v) is 7.43. The van der Waals surface area contributed by atoms with E-state index >= 15 is 0 Å². The van der Waals surface area contributed by atoms with Gasteiger partial charge >= 0.3 is 0 Å². The van der Waals surface area contributed by atoms with Gasteiger partial charge in [0.1, 0.15) is 6.29 Å². The third-order valence-electron chi connectivity index (χ3n) is 1.02. The van der Waals surface area contributed by atoms with Crippen molar-refractivity contribution in [3.8, 4) is 0 Å². The Labute approximate surface area is 72.1 Å². The molecule has 0 bridgehead atoms. The normalized spacial score (nSPS) is 14.1. The molecule has 0 aromatic carbocycles. The summed E-state index contributed by atoms with van der Waals surface area (Å²) in [5.74, 6) is 0. The van der Waals surface area contributed by atoms with Gasteiger partial charge in [-0.25, -0.2) is 0 Å². The standard InChI is InChI=1S/C9H11ClO/c1-3-4-9(10)6-5-8(2)7-11/h3-7H,1-2H3/b4-3+,8-5+,9-6+. The van der Waals surface area contributed by atoms with Gasteiger partial charge in [-0.1, -0.05) is 23.8 Å². The quantitative estimate of drug-likeness (QED) is 0.362. The average molecular weight is 171 g/mol. The second-order valence-electron chi connectivity index (χ2n) is 2.08. The first kappa shape index (κ1) is 10.2. The predicted octanol–water partition coefficient (Wildman–Crippen LogP) is 2.83. The van der Waals surface area contributed by atoms with Crippen molar-refractivity contribution < 1.29 is 4.79 Å². The summed E-state index contributed by atoms with van der Waals surface area (Å²) in [5, 5.41) is 0.619. The number of allylic oxidation sites excluding steroid dienone is 6. The van der Waals surface area contributed by atoms with Gasteiger partial charge in [-0.05, 0) is 31.6 Å². The van der Waals surface area contributed by atoms with Crippen LogP contribution in [0.3, 0.4) is 0 Å². The SMILES string of the molecule is C/C=C/C(Cl)=C\C=C(/C)C=O. The molecule has 0 rings (SSSR count). The molecule has 0 amide bonds. The van der Waals surface area contributed by atoms with Crippen LogP contribution < -0.4 is 0 Å². The van der Waals surface area contributed by atoms with Crippen molar-refractivity contribution in [3.63, 3.8) is 0 Å². The molecule has 0 aliphatic rings. The number of carbonyl (C=O) groups is 1. The van der Waals surface area contributed by atoms with Crippen molar-refractivity contribution >= 4 is 17.9 Å². The Balaban J connectivity index is 4.21. The Bertz CT molecular complexity index is 212. The van der Waals surface area contributed by atoms with Crippen LogP contribution in [0.15, 0.2) is 34.9 Å². The van der Waals surface area contributed by atoms with Crippen molar-refractivity contribution in [2.24, 2.45) is 0 Å². The Kier molecular flexibility index (Phi) is 5.49. The molecule has 0 aliphatic carbocycles. The first-order chi connectivity index (χ1) is 5.20. The summed E-state index contributed by atoms with van der Waals surface area (Å²) in [6.07, 6.45) is 7.75. The van der Waals surface area contributed by atoms with Crippen LogP contribution in [0.1, 0.15) is 13.8 Å². The highest BCUT2D eigenvalue weighted by Crippen LogP contribution is 2.03. The Morgan fingerprint density at radius 3 is 2.45 bits per heavy atom. The molecule has 0 aliphatic heterocycles. The number of hydrogen-bond donors (Lipinski definition) is 0. The lowest BCUT2D eigenvalue weighted by atomic mass is 10.3. The molecule has 0 aromatic rings. The van der Waals surface area contributed by atoms with E-state index in [0.717, 1.165) is 6.29 Å². The van der Waals surface area contributed by atoms with Gasteiger partial charge in [0.25, 0.3) is 0 Å². The van der Waals surface area contributed by atoms with Crippen LogP contribution in [0.5, 0.6) is 0 Å². The van der Waals surface area contributed by atoms with E-state index in [1.165, 1.54) is 0 Å². The predicted molar refractivity (Wildman–Crippen MR) is 48.6 cm³/mol. The van der Waals surface area contributed by atoms with Crippen LogP contribution in [0.4, 0.5) is 0 Å². The van der Waals surface area contributed by atoms with Gasteiger partial charge in [0, 0.05) is 5.03 Å². The maximum atomic E-state index is 10.1. The lowest BCUT2D eigenvalue weighted by Crippen LogP contribution is -1.72. The molecule has 0 saturated heterocycles. The Morgan fingerprint density at radius 1 is 1.36 bits per heavy atom. The third kappa shape index (κ3) is 5.62. The summed E-state index contributed by atoms with van der Waals surface area (Å²) in [5.41, 5.74) is 0.660. The van der Waals surface area contributed by atoms with Crippen LogP contribution in [0.25, 0.3) is 0 Å². The minimum absolute atomic E-state index is 0.619. The highest BCUT2D eigenvalue weighted by atomic mass is 35.5. The van der Waals surface area contributed by atoms with Crippen LogP contribution in [-0.4, -0.2) is 6.29 Å². The zero-order chi connectivity index (χ0) is 8.69. The van der Waals surface area contributed by atoms with Crippen LogP contribution in [-0.2, 0) is 4.79 Å². The molecule has 0 heterocycles. The molecular weight excluding hydrogens is 160 g/mol. The average Bonchev–Trinajstić information content (AvgIpc) is 2.01. The minimum atomic E-state index is 0.619. The number of carbonyl (C=O) groups excluding carboxylic acids is 1. The number of hydrogen-bond acceptors (Lipinski definition) is 1. The molecule has 0 aromatic heterocycles. The molecule has 1 nitrogen and oxygen atoms in total. The molecule has 2 heteroatoms. The molecule has 0 radical (unpaired) electrons. The van der Waals surface area contributed by atoms with Gasteiger partial charge < -0.3 is 0 Å². The van der Waals surface area contributed by atoms with Gasteiger partial charge in [0.2, 0.25) is 0 Å². The van der Waals surface area contributed by atoms with Crippen molar-refractivity contribution in [2.75, 3.05) is 0 Å². The second-order valence-corrected chi connectivity index (χ2v) is 2.52. The van der Waals surface area contributed by atoms with Crippen molar-refractivity contribution in [3.05, 3.63) is 34.9 Å². The number of halogens is 1. The minimum Gasteiger partial charge on any atom is -0.298 e. The van der Waals surface area contributed by atoms with Gasteiger partial charge in [-0.15, -0.1) is 0 Å². The maximum Gasteiger partial charge on any atom is 0.145 e. The molecule has 0 saturated carbocycles. The maximum absolute atomic E-state index is 10.1. The summed E-state index contributed by atoms with van der Waals surface area (Å²) in [7, 11) is 0. The van der Waals surface area contributed by atoms with Gasteiger partial charge in [0.15, 0.2) is 0 Å². The lowest BCUT2D eigenvalue weighted by molar-refractivity contribution is -0.104. The molecule has 0 atom stereocenters. The van der Waals surface area contributed by atoms with Gasteiger partial charge in [-0.3, -0.25) is 4.79 Å². The summed E-state index contributed by atoms with van der Waals surface area (Å²) >= 11 is 5.70. The summed E-state index contributed by atoms with van der Waals surface area (Å²) in [6.45, 7) is 3.61. The van der Waals surface area contributed by atoms with E-state index in [0.29, 0.717) is 10.6 Å². The molecule has 60 valence electrons. The van der Waals surface area contributed by atoms with Crippen molar-refractivity contribution in [1.29, 1.82) is 0 Å². The fourth-order valence-electron chi connectivity index (χ4n) is 0.465. The Morgan fingerprint density at radius 2 is 2.00 bits per heavy atom. The summed E-state index contributed by atoms with van der Waals surface area (Å²) in [6, 6.07) is 0. The largest absolute Gasteiger partial charge is 0.298 e. The van der Waals surface area contributed by atoms with Gasteiger partial charge in [-0.2, -0.15) is 0 Å². The molecule has 11 heavy (non-hydrogen) atoms. The molecular formula is C9H11ClO. The fourth-order valence-corrected chi connectivity index (χ4v) is 0.654. The van der Waals surface area contributed by atoms with Crippen molar-refractivity contribution in [1.82, 2.24) is 0 Å². The van der Waals surface area contributed by atoms with E-state index in [9.17, 15) is 4.79 Å². The second kappa shape index (κ2) is 5.93. The van der Waals surface area contributed by atoms with Crippen molar-refractivity contribution in [2.45, 2.75) is 13.8 Å².